The van der Waals surface area contributed by atoms with Gasteiger partial charge in [-0.3, -0.25) is 10.4 Å². The van der Waals surface area contributed by atoms with Crippen molar-refractivity contribution in [3.8, 4) is 0 Å². The van der Waals surface area contributed by atoms with Gasteiger partial charge in [-0.1, -0.05) is 38.5 Å². The molecule has 0 rings (SSSR count). The zero-order chi connectivity index (χ0) is 20.7. The molecule has 0 saturated heterocycles. The van der Waals surface area contributed by atoms with Gasteiger partial charge in [-0.25, -0.2) is 0 Å². The van der Waals surface area contributed by atoms with Crippen molar-refractivity contribution in [2.45, 2.75) is 77.0 Å². The Bertz CT molecular complexity index is 369. The zero-order valence-electron chi connectivity index (χ0n) is 17.9. The van der Waals surface area contributed by atoms with Crippen LogP contribution in [0.5, 0.6) is 0 Å². The van der Waals surface area contributed by atoms with Gasteiger partial charge in [0, 0.05) is 13.1 Å². The van der Waals surface area contributed by atoms with Gasteiger partial charge in [0.1, 0.15) is 0 Å². The van der Waals surface area contributed by atoms with Gasteiger partial charge >= 0.3 is 0 Å². The number of guanidine groups is 2. The lowest BCUT2D eigenvalue weighted by Crippen LogP contribution is -2.30. The number of hydrogen-bond acceptors (Lipinski definition) is 4. The van der Waals surface area contributed by atoms with Crippen LogP contribution >= 0.6 is 0 Å². The van der Waals surface area contributed by atoms with Crippen LogP contribution < -0.4 is 33.2 Å². The Hall–Kier alpha value is -1.54. The largest absolute Gasteiger partial charge is 0.370 e. The van der Waals surface area contributed by atoms with Crippen LogP contribution in [0.15, 0.2) is 4.99 Å². The van der Waals surface area contributed by atoms with Crippen LogP contribution in [0, 0.1) is 5.41 Å². The maximum Gasteiger partial charge on any atom is 0.185 e. The SMILES string of the molecule is N=C(N)NCCCCCCNCCCCCCNCCCCCCN=C(N)N. The highest BCUT2D eigenvalue weighted by Crippen LogP contribution is 2.01. The van der Waals surface area contributed by atoms with Crippen molar-refractivity contribution in [2.75, 3.05) is 39.3 Å². The molecule has 0 aliphatic carbocycles. The van der Waals surface area contributed by atoms with Crippen LogP contribution in [-0.4, -0.2) is 51.2 Å². The highest BCUT2D eigenvalue weighted by atomic mass is 15.0. The van der Waals surface area contributed by atoms with Gasteiger partial charge in [0.15, 0.2) is 11.9 Å². The first-order chi connectivity index (χ1) is 13.6. The minimum atomic E-state index is 0.0738. The van der Waals surface area contributed by atoms with Crippen LogP contribution in [-0.2, 0) is 0 Å². The lowest BCUT2D eigenvalue weighted by Gasteiger charge is -2.06. The smallest absolute Gasteiger partial charge is 0.185 e. The van der Waals surface area contributed by atoms with E-state index in [0.29, 0.717) is 0 Å². The number of nitrogens with one attached hydrogen (secondary N) is 4. The Labute approximate surface area is 172 Å². The highest BCUT2D eigenvalue weighted by Gasteiger charge is 1.94. The molecule has 0 spiro atoms. The van der Waals surface area contributed by atoms with E-state index in [2.05, 4.69) is 20.9 Å². The summed E-state index contributed by atoms with van der Waals surface area (Å²) in [6, 6.07) is 0. The third-order valence-corrected chi connectivity index (χ3v) is 4.61. The number of nitrogens with two attached hydrogens (primary N) is 3. The molecule has 10 N–H and O–H groups in total. The van der Waals surface area contributed by atoms with Gasteiger partial charge in [0.05, 0.1) is 0 Å². The van der Waals surface area contributed by atoms with Crippen molar-refractivity contribution in [1.29, 1.82) is 5.41 Å². The van der Waals surface area contributed by atoms with Crippen molar-refractivity contribution in [3.05, 3.63) is 0 Å². The summed E-state index contributed by atoms with van der Waals surface area (Å²) in [7, 11) is 0. The van der Waals surface area contributed by atoms with Crippen molar-refractivity contribution >= 4 is 11.9 Å². The molecule has 0 radical (unpaired) electrons. The van der Waals surface area contributed by atoms with Crippen LogP contribution in [0.2, 0.25) is 0 Å². The van der Waals surface area contributed by atoms with Crippen molar-refractivity contribution in [1.82, 2.24) is 16.0 Å². The summed E-state index contributed by atoms with van der Waals surface area (Å²) in [4.78, 5) is 3.99. The average Bonchev–Trinajstić information content (AvgIpc) is 2.65. The van der Waals surface area contributed by atoms with Gasteiger partial charge in [0.2, 0.25) is 0 Å². The van der Waals surface area contributed by atoms with E-state index in [9.17, 15) is 0 Å². The third-order valence-electron chi connectivity index (χ3n) is 4.61. The molecule has 0 aromatic carbocycles. The predicted molar refractivity (Wildman–Crippen MR) is 122 cm³/mol. The fourth-order valence-electron chi connectivity index (χ4n) is 2.98. The second kappa shape index (κ2) is 21.8. The molecule has 0 aliphatic heterocycles. The average molecular weight is 399 g/mol. The Morgan fingerprint density at radius 3 is 1.36 bits per heavy atom. The molecule has 0 fully saturated rings. The number of nitrogens with zero attached hydrogens (tertiary/aromatic N) is 1. The minimum Gasteiger partial charge on any atom is -0.370 e. The lowest BCUT2D eigenvalue weighted by atomic mass is 10.1. The lowest BCUT2D eigenvalue weighted by molar-refractivity contribution is 0.536. The normalized spacial score (nSPS) is 10.7. The van der Waals surface area contributed by atoms with Crippen LogP contribution in [0.4, 0.5) is 0 Å². The first kappa shape index (κ1) is 26.5. The molecule has 0 aromatic rings. The molecule has 8 heteroatoms. The Morgan fingerprint density at radius 2 is 0.964 bits per heavy atom. The van der Waals surface area contributed by atoms with E-state index in [1.165, 1.54) is 64.2 Å². The number of hydrogen-bond donors (Lipinski definition) is 7. The molecule has 8 nitrogen and oxygen atoms in total. The molecule has 0 saturated carbocycles. The molecule has 0 unspecified atom stereocenters. The number of unbranched alkanes of at least 4 members (excludes halogenated alkanes) is 9. The number of rotatable bonds is 21. The summed E-state index contributed by atoms with van der Waals surface area (Å²) >= 11 is 0. The molecule has 0 amide bonds. The predicted octanol–water partition coefficient (Wildman–Crippen LogP) is 1.60. The second-order valence-electron chi connectivity index (χ2n) is 7.39. The zero-order valence-corrected chi connectivity index (χ0v) is 17.9. The molecule has 0 bridgehead atoms. The monoisotopic (exact) mass is 398 g/mol. The summed E-state index contributed by atoms with van der Waals surface area (Å²) in [5.41, 5.74) is 15.8. The molecule has 166 valence electrons. The van der Waals surface area contributed by atoms with Gasteiger partial charge in [-0.2, -0.15) is 0 Å². The molecular weight excluding hydrogens is 352 g/mol. The maximum atomic E-state index is 7.06. The van der Waals surface area contributed by atoms with E-state index < -0.39 is 0 Å². The Balaban J connectivity index is 3.03. The maximum absolute atomic E-state index is 7.06. The molecular formula is C20H46N8. The first-order valence-electron chi connectivity index (χ1n) is 11.2. The molecule has 0 aliphatic rings. The highest BCUT2D eigenvalue weighted by molar-refractivity contribution is 5.75. The summed E-state index contributed by atoms with van der Waals surface area (Å²) in [5.74, 6) is 0.272. The molecule has 0 atom stereocenters. The van der Waals surface area contributed by atoms with Crippen LogP contribution in [0.3, 0.4) is 0 Å². The third kappa shape index (κ3) is 24.5. The fourth-order valence-corrected chi connectivity index (χ4v) is 2.98. The standard InChI is InChI=1S/C20H46N8/c21-19(22)27-17-11-5-3-9-15-25-13-7-1-2-8-14-26-16-10-4-6-12-18-28-20(23)24/h25-26H,1-18H2,(H4,21,22,27)(H4,23,24,28). The van der Waals surface area contributed by atoms with E-state index in [1.54, 1.807) is 0 Å². The van der Waals surface area contributed by atoms with Crippen molar-refractivity contribution in [2.24, 2.45) is 22.2 Å². The minimum absolute atomic E-state index is 0.0738. The molecule has 0 heterocycles. The van der Waals surface area contributed by atoms with Gasteiger partial charge < -0.3 is 33.2 Å². The molecule has 0 aromatic heterocycles. The number of aliphatic imine (C=N–C) groups is 1. The summed E-state index contributed by atoms with van der Waals surface area (Å²) in [6.07, 6.45) is 14.7. The van der Waals surface area contributed by atoms with E-state index in [1.807, 2.05) is 0 Å². The van der Waals surface area contributed by atoms with E-state index in [4.69, 9.17) is 22.6 Å². The van der Waals surface area contributed by atoms with Crippen molar-refractivity contribution in [3.63, 3.8) is 0 Å². The fraction of sp³-hybridized carbons (Fsp3) is 0.900. The van der Waals surface area contributed by atoms with Gasteiger partial charge in [-0.05, 0) is 64.7 Å². The first-order valence-corrected chi connectivity index (χ1v) is 11.2. The Kier molecular flexibility index (Phi) is 20.6. The van der Waals surface area contributed by atoms with E-state index in [0.717, 1.165) is 52.1 Å². The summed E-state index contributed by atoms with van der Waals surface area (Å²) in [5, 5.41) is 17.0. The second-order valence-corrected chi connectivity index (χ2v) is 7.39. The quantitative estimate of drug-likeness (QED) is 0.0886. The van der Waals surface area contributed by atoms with Gasteiger partial charge in [-0.15, -0.1) is 0 Å². The summed E-state index contributed by atoms with van der Waals surface area (Å²) in [6.45, 7) is 6.09. The Morgan fingerprint density at radius 1 is 0.571 bits per heavy atom. The topological polar surface area (TPSA) is 150 Å². The van der Waals surface area contributed by atoms with Crippen molar-refractivity contribution < 1.29 is 0 Å². The van der Waals surface area contributed by atoms with E-state index in [-0.39, 0.29) is 11.9 Å². The van der Waals surface area contributed by atoms with Gasteiger partial charge in [0.25, 0.3) is 0 Å². The van der Waals surface area contributed by atoms with Crippen LogP contribution in [0.25, 0.3) is 0 Å². The van der Waals surface area contributed by atoms with Crippen LogP contribution in [0.1, 0.15) is 77.0 Å². The molecule has 28 heavy (non-hydrogen) atoms. The summed E-state index contributed by atoms with van der Waals surface area (Å²) < 4.78 is 0. The van der Waals surface area contributed by atoms with E-state index >= 15 is 0 Å².